The van der Waals surface area contributed by atoms with Crippen LogP contribution in [0.25, 0.3) is 0 Å². The first kappa shape index (κ1) is 12.5. The van der Waals surface area contributed by atoms with Crippen molar-refractivity contribution in [1.82, 2.24) is 9.97 Å². The van der Waals surface area contributed by atoms with Gasteiger partial charge in [0.2, 0.25) is 0 Å². The molecule has 0 fully saturated rings. The number of aromatic nitrogens is 2. The molecule has 2 rings (SSSR count). The van der Waals surface area contributed by atoms with Crippen molar-refractivity contribution in [2.45, 2.75) is 23.1 Å². The fourth-order valence-corrected chi connectivity index (χ4v) is 2.97. The molecule has 0 aliphatic heterocycles. The number of hydrogen-bond acceptors (Lipinski definition) is 4. The van der Waals surface area contributed by atoms with Crippen molar-refractivity contribution >= 4 is 27.7 Å². The molecule has 17 heavy (non-hydrogen) atoms. The molecule has 0 spiro atoms. The Morgan fingerprint density at radius 3 is 2.59 bits per heavy atom. The molecule has 1 aromatic heterocycles. The van der Waals surface area contributed by atoms with Gasteiger partial charge in [-0.2, -0.15) is 0 Å². The zero-order valence-corrected chi connectivity index (χ0v) is 11.6. The summed E-state index contributed by atoms with van der Waals surface area (Å²) >= 11 is 4.94. The second kappa shape index (κ2) is 5.62. The Hall–Kier alpha value is -0.910. The van der Waals surface area contributed by atoms with E-state index in [2.05, 4.69) is 25.9 Å². The highest BCUT2D eigenvalue weighted by Crippen LogP contribution is 2.31. The molecule has 0 unspecified atom stereocenters. The SMILES string of the molecule is C[C@@H](O)c1ccc(Sc2ncccn2)cc1Br. The van der Waals surface area contributed by atoms with Gasteiger partial charge in [0.1, 0.15) is 0 Å². The van der Waals surface area contributed by atoms with Crippen molar-refractivity contribution in [1.29, 1.82) is 0 Å². The van der Waals surface area contributed by atoms with Crippen LogP contribution in [0.3, 0.4) is 0 Å². The maximum Gasteiger partial charge on any atom is 0.192 e. The lowest BCUT2D eigenvalue weighted by molar-refractivity contribution is 0.198. The smallest absolute Gasteiger partial charge is 0.192 e. The van der Waals surface area contributed by atoms with Crippen LogP contribution in [0.4, 0.5) is 0 Å². The van der Waals surface area contributed by atoms with E-state index in [1.54, 1.807) is 25.4 Å². The van der Waals surface area contributed by atoms with Gasteiger partial charge >= 0.3 is 0 Å². The van der Waals surface area contributed by atoms with Crippen LogP contribution in [0, 0.1) is 0 Å². The standard InChI is InChI=1S/C12H11BrN2OS/c1-8(16)10-4-3-9(7-11(10)13)17-12-14-5-2-6-15-12/h2-8,16H,1H3/t8-/m1/s1. The minimum atomic E-state index is -0.476. The van der Waals surface area contributed by atoms with Crippen LogP contribution < -0.4 is 0 Å². The predicted molar refractivity (Wildman–Crippen MR) is 70.9 cm³/mol. The van der Waals surface area contributed by atoms with E-state index in [-0.39, 0.29) is 0 Å². The third-order valence-electron chi connectivity index (χ3n) is 2.17. The van der Waals surface area contributed by atoms with E-state index in [1.165, 1.54) is 11.8 Å². The fraction of sp³-hybridized carbons (Fsp3) is 0.167. The minimum Gasteiger partial charge on any atom is -0.389 e. The molecule has 0 amide bonds. The molecule has 0 aliphatic carbocycles. The van der Waals surface area contributed by atoms with Crippen LogP contribution in [0.1, 0.15) is 18.6 Å². The Morgan fingerprint density at radius 2 is 2.00 bits per heavy atom. The number of benzene rings is 1. The van der Waals surface area contributed by atoms with Crippen LogP contribution in [0.2, 0.25) is 0 Å². The van der Waals surface area contributed by atoms with Gasteiger partial charge in [-0.25, -0.2) is 9.97 Å². The second-order valence-corrected chi connectivity index (χ2v) is 5.39. The van der Waals surface area contributed by atoms with Crippen molar-refractivity contribution in [3.8, 4) is 0 Å². The quantitative estimate of drug-likeness (QED) is 0.882. The lowest BCUT2D eigenvalue weighted by Crippen LogP contribution is -1.92. The van der Waals surface area contributed by atoms with E-state index in [0.717, 1.165) is 14.9 Å². The summed E-state index contributed by atoms with van der Waals surface area (Å²) in [5.41, 5.74) is 0.878. The highest BCUT2D eigenvalue weighted by molar-refractivity contribution is 9.10. The van der Waals surface area contributed by atoms with Gasteiger partial charge in [-0.05, 0) is 42.4 Å². The van der Waals surface area contributed by atoms with Crippen molar-refractivity contribution in [3.05, 3.63) is 46.7 Å². The zero-order valence-electron chi connectivity index (χ0n) is 9.17. The molecule has 1 heterocycles. The molecule has 1 aromatic carbocycles. The van der Waals surface area contributed by atoms with Gasteiger partial charge in [-0.1, -0.05) is 22.0 Å². The molecule has 1 N–H and O–H groups in total. The number of aliphatic hydroxyl groups excluding tert-OH is 1. The summed E-state index contributed by atoms with van der Waals surface area (Å²) in [6.45, 7) is 1.74. The van der Waals surface area contributed by atoms with Crippen LogP contribution in [0.15, 0.2) is 51.2 Å². The van der Waals surface area contributed by atoms with Crippen LogP contribution in [-0.4, -0.2) is 15.1 Å². The molecule has 1 atom stereocenters. The number of halogens is 1. The van der Waals surface area contributed by atoms with Gasteiger partial charge in [-0.3, -0.25) is 0 Å². The molecule has 0 bridgehead atoms. The third kappa shape index (κ3) is 3.28. The molecule has 2 aromatic rings. The van der Waals surface area contributed by atoms with Crippen LogP contribution in [0.5, 0.6) is 0 Å². The number of hydrogen-bond donors (Lipinski definition) is 1. The average molecular weight is 311 g/mol. The first-order chi connectivity index (χ1) is 8.16. The Balaban J connectivity index is 2.21. The van der Waals surface area contributed by atoms with E-state index in [1.807, 2.05) is 18.2 Å². The number of nitrogens with zero attached hydrogens (tertiary/aromatic N) is 2. The lowest BCUT2D eigenvalue weighted by Gasteiger charge is -2.08. The maximum absolute atomic E-state index is 9.52. The molecule has 0 aliphatic rings. The van der Waals surface area contributed by atoms with Gasteiger partial charge in [0.25, 0.3) is 0 Å². The van der Waals surface area contributed by atoms with Gasteiger partial charge in [0.15, 0.2) is 5.16 Å². The van der Waals surface area contributed by atoms with E-state index >= 15 is 0 Å². The average Bonchev–Trinajstić information content (AvgIpc) is 2.30. The lowest BCUT2D eigenvalue weighted by atomic mass is 10.1. The summed E-state index contributed by atoms with van der Waals surface area (Å²) in [5.74, 6) is 0. The molecule has 5 heteroatoms. The Labute approximate surface area is 112 Å². The first-order valence-electron chi connectivity index (χ1n) is 5.09. The summed E-state index contributed by atoms with van der Waals surface area (Å²) in [6.07, 6.45) is 2.96. The third-order valence-corrected chi connectivity index (χ3v) is 3.74. The monoisotopic (exact) mass is 310 g/mol. The van der Waals surface area contributed by atoms with Crippen molar-refractivity contribution in [2.75, 3.05) is 0 Å². The molecule has 0 saturated heterocycles. The number of rotatable bonds is 3. The Bertz CT molecular complexity index is 505. The van der Waals surface area contributed by atoms with Gasteiger partial charge in [0.05, 0.1) is 6.10 Å². The molecular formula is C12H11BrN2OS. The second-order valence-electron chi connectivity index (χ2n) is 3.49. The maximum atomic E-state index is 9.52. The summed E-state index contributed by atoms with van der Waals surface area (Å²) in [6, 6.07) is 7.60. The summed E-state index contributed by atoms with van der Waals surface area (Å²) < 4.78 is 0.897. The molecule has 0 saturated carbocycles. The molecule has 3 nitrogen and oxygen atoms in total. The first-order valence-corrected chi connectivity index (χ1v) is 6.70. The van der Waals surface area contributed by atoms with E-state index < -0.39 is 6.10 Å². The minimum absolute atomic E-state index is 0.476. The summed E-state index contributed by atoms with van der Waals surface area (Å²) in [7, 11) is 0. The van der Waals surface area contributed by atoms with E-state index in [9.17, 15) is 5.11 Å². The largest absolute Gasteiger partial charge is 0.389 e. The highest BCUT2D eigenvalue weighted by atomic mass is 79.9. The van der Waals surface area contributed by atoms with Crippen LogP contribution in [-0.2, 0) is 0 Å². The van der Waals surface area contributed by atoms with E-state index in [0.29, 0.717) is 5.16 Å². The molecule has 88 valence electrons. The summed E-state index contributed by atoms with van der Waals surface area (Å²) in [4.78, 5) is 9.33. The van der Waals surface area contributed by atoms with Gasteiger partial charge in [0, 0.05) is 21.8 Å². The predicted octanol–water partition coefficient (Wildman–Crippen LogP) is 3.44. The number of aliphatic hydroxyl groups is 1. The van der Waals surface area contributed by atoms with E-state index in [4.69, 9.17) is 0 Å². The van der Waals surface area contributed by atoms with Gasteiger partial charge < -0.3 is 5.11 Å². The van der Waals surface area contributed by atoms with Gasteiger partial charge in [-0.15, -0.1) is 0 Å². The zero-order chi connectivity index (χ0) is 12.3. The van der Waals surface area contributed by atoms with Crippen molar-refractivity contribution in [3.63, 3.8) is 0 Å². The summed E-state index contributed by atoms with van der Waals surface area (Å²) in [5, 5.41) is 10.2. The molecule has 0 radical (unpaired) electrons. The normalized spacial score (nSPS) is 12.4. The van der Waals surface area contributed by atoms with Crippen molar-refractivity contribution in [2.24, 2.45) is 0 Å². The molecular weight excluding hydrogens is 300 g/mol. The Kier molecular flexibility index (Phi) is 4.15. The highest BCUT2D eigenvalue weighted by Gasteiger charge is 2.07. The van der Waals surface area contributed by atoms with Crippen LogP contribution >= 0.6 is 27.7 Å². The fourth-order valence-electron chi connectivity index (χ4n) is 1.35. The Morgan fingerprint density at radius 1 is 1.29 bits per heavy atom. The van der Waals surface area contributed by atoms with Crippen molar-refractivity contribution < 1.29 is 5.11 Å². The topological polar surface area (TPSA) is 46.0 Å².